The van der Waals surface area contributed by atoms with Crippen LogP contribution in [0.5, 0.6) is 11.8 Å². The number of hydrogen-bond donors (Lipinski definition) is 1. The van der Waals surface area contributed by atoms with E-state index in [1.807, 2.05) is 60.9 Å². The standard InChI is InChI=1S/C18H13ClN6O3.C18H15N7O3.CH4.H2S/c2*1-10-22-23-18(28-10)25-5-4-11-8-12(2-3-13(11)25)24-6-7-27-16-14(17(24)26)15(19)20-9-21-16;;/h2-5,8-9H,6-7H2,1H3;2-5,8-9H,6-7H2,1H3,(H2,19,20,21);1H4;1H2. The Morgan fingerprint density at radius 1 is 0.655 bits per heavy atom. The van der Waals surface area contributed by atoms with Crippen LogP contribution in [0.1, 0.15) is 39.9 Å². The Kier molecular flexibility index (Phi) is 10.7. The third kappa shape index (κ3) is 6.98. The van der Waals surface area contributed by atoms with Gasteiger partial charge >= 0.3 is 12.0 Å². The van der Waals surface area contributed by atoms with Gasteiger partial charge in [0.25, 0.3) is 11.8 Å². The molecule has 8 aromatic rings. The molecule has 2 amide bonds. The number of halogens is 1. The summed E-state index contributed by atoms with van der Waals surface area (Å²) in [6.45, 7) is 4.80. The van der Waals surface area contributed by atoms with Crippen molar-refractivity contribution in [2.45, 2.75) is 21.3 Å². The van der Waals surface area contributed by atoms with Crippen molar-refractivity contribution in [3.05, 3.63) is 102 Å². The van der Waals surface area contributed by atoms with Gasteiger partial charge in [0.2, 0.25) is 23.5 Å². The Hall–Kier alpha value is -7.06. The molecule has 296 valence electrons. The van der Waals surface area contributed by atoms with Crippen LogP contribution in [0.15, 0.2) is 82.4 Å². The minimum absolute atomic E-state index is 0. The molecule has 0 radical (unpaired) electrons. The minimum atomic E-state index is -0.301. The average Bonchev–Trinajstić information content (AvgIpc) is 3.98. The predicted molar refractivity (Wildman–Crippen MR) is 217 cm³/mol. The number of nitrogens with two attached hydrogens (primary N) is 1. The van der Waals surface area contributed by atoms with Crippen LogP contribution in [0.25, 0.3) is 33.8 Å². The van der Waals surface area contributed by atoms with E-state index in [-0.39, 0.29) is 66.6 Å². The first-order valence-corrected chi connectivity index (χ1v) is 17.4. The summed E-state index contributed by atoms with van der Waals surface area (Å²) in [5.41, 5.74) is 9.44. The van der Waals surface area contributed by atoms with E-state index < -0.39 is 0 Å². The van der Waals surface area contributed by atoms with Gasteiger partial charge in [0, 0.05) is 48.4 Å². The van der Waals surface area contributed by atoms with Gasteiger partial charge in [0.05, 0.1) is 24.1 Å². The fraction of sp³-hybridized carbons (Fsp3) is 0.189. The minimum Gasteiger partial charge on any atom is -0.475 e. The van der Waals surface area contributed by atoms with Gasteiger partial charge in [-0.15, -0.1) is 10.2 Å². The molecule has 0 saturated carbocycles. The van der Waals surface area contributed by atoms with E-state index in [2.05, 4.69) is 40.3 Å². The lowest BCUT2D eigenvalue weighted by molar-refractivity contribution is 0.0982. The third-order valence-corrected chi connectivity index (χ3v) is 9.33. The second-order valence-electron chi connectivity index (χ2n) is 12.5. The molecule has 0 saturated heterocycles. The number of anilines is 3. The van der Waals surface area contributed by atoms with E-state index in [0.29, 0.717) is 55.8 Å². The number of aromatic nitrogens is 10. The van der Waals surface area contributed by atoms with Gasteiger partial charge in [0.15, 0.2) is 0 Å². The molecule has 0 fully saturated rings. The number of aryl methyl sites for hydroxylation is 2. The van der Waals surface area contributed by atoms with Crippen LogP contribution in [0.4, 0.5) is 17.2 Å². The van der Waals surface area contributed by atoms with Crippen molar-refractivity contribution in [3.63, 3.8) is 0 Å². The van der Waals surface area contributed by atoms with Crippen molar-refractivity contribution in [2.24, 2.45) is 0 Å². The SMILES string of the molecule is C.Cc1nnc(-n2ccc3cc(N4CCOc5ncnc(Cl)c5C4=O)ccc32)o1.Cc1nnc(-n2ccc3cc(N4CCOc5ncnc(N)c5C4=O)ccc32)o1.S. The summed E-state index contributed by atoms with van der Waals surface area (Å²) < 4.78 is 25.7. The summed E-state index contributed by atoms with van der Waals surface area (Å²) in [5, 5.41) is 17.7. The largest absolute Gasteiger partial charge is 0.475 e. The highest BCUT2D eigenvalue weighted by Gasteiger charge is 2.30. The molecule has 0 spiro atoms. The maximum Gasteiger partial charge on any atom is 0.327 e. The number of hydrogen-bond acceptors (Lipinski definition) is 15. The molecule has 0 aliphatic carbocycles. The van der Waals surface area contributed by atoms with Gasteiger partial charge in [0.1, 0.15) is 48.0 Å². The quantitative estimate of drug-likeness (QED) is 0.223. The topological polar surface area (TPSA) is 224 Å². The Labute approximate surface area is 340 Å². The maximum absolute atomic E-state index is 13.1. The molecule has 2 N–H and O–H groups in total. The van der Waals surface area contributed by atoms with Crippen LogP contribution in [0.2, 0.25) is 5.15 Å². The van der Waals surface area contributed by atoms with Gasteiger partial charge < -0.3 is 33.8 Å². The fourth-order valence-corrected chi connectivity index (χ4v) is 6.67. The summed E-state index contributed by atoms with van der Waals surface area (Å²) in [5.74, 6) is 0.885. The molecular weight excluding hydrogens is 790 g/mol. The summed E-state index contributed by atoms with van der Waals surface area (Å²) in [6, 6.07) is 15.9. The highest BCUT2D eigenvalue weighted by molar-refractivity contribution is 7.59. The second kappa shape index (κ2) is 15.8. The van der Waals surface area contributed by atoms with Crippen LogP contribution in [-0.4, -0.2) is 87.6 Å². The Bertz CT molecular complexity index is 2630. The number of amides is 2. The van der Waals surface area contributed by atoms with Gasteiger partial charge in [-0.1, -0.05) is 29.2 Å². The zero-order valence-corrected chi connectivity index (χ0v) is 31.8. The monoisotopic (exact) mass is 823 g/mol. The lowest BCUT2D eigenvalue weighted by Crippen LogP contribution is -2.32. The lowest BCUT2D eigenvalue weighted by atomic mass is 10.2. The molecule has 58 heavy (non-hydrogen) atoms. The molecule has 6 aromatic heterocycles. The second-order valence-corrected chi connectivity index (χ2v) is 12.8. The van der Waals surface area contributed by atoms with E-state index in [9.17, 15) is 9.59 Å². The smallest absolute Gasteiger partial charge is 0.327 e. The van der Waals surface area contributed by atoms with Crippen LogP contribution >= 0.6 is 25.1 Å². The van der Waals surface area contributed by atoms with E-state index in [1.54, 1.807) is 32.8 Å². The van der Waals surface area contributed by atoms with Crippen molar-refractivity contribution in [3.8, 4) is 23.8 Å². The molecular formula is C37H34ClN13O6S. The molecule has 0 unspecified atom stereocenters. The van der Waals surface area contributed by atoms with Crippen LogP contribution in [-0.2, 0) is 0 Å². The van der Waals surface area contributed by atoms with Gasteiger partial charge in [-0.2, -0.15) is 13.5 Å². The van der Waals surface area contributed by atoms with Gasteiger partial charge in [-0.3, -0.25) is 18.7 Å². The zero-order chi connectivity index (χ0) is 38.5. The molecule has 8 heterocycles. The van der Waals surface area contributed by atoms with E-state index in [1.165, 1.54) is 12.7 Å². The van der Waals surface area contributed by atoms with E-state index in [0.717, 1.165) is 27.5 Å². The summed E-state index contributed by atoms with van der Waals surface area (Å²) >= 11 is 6.13. The predicted octanol–water partition coefficient (Wildman–Crippen LogP) is 5.29. The van der Waals surface area contributed by atoms with Gasteiger partial charge in [-0.05, 0) is 48.5 Å². The van der Waals surface area contributed by atoms with Gasteiger partial charge in [-0.25, -0.2) is 19.9 Å². The average molecular weight is 824 g/mol. The maximum atomic E-state index is 13.1. The molecule has 2 aliphatic rings. The van der Waals surface area contributed by atoms with Crippen molar-refractivity contribution in [2.75, 3.05) is 41.8 Å². The molecule has 21 heteroatoms. The summed E-state index contributed by atoms with van der Waals surface area (Å²) in [6.07, 6.45) is 6.24. The summed E-state index contributed by atoms with van der Waals surface area (Å²) in [4.78, 5) is 45.2. The Morgan fingerprint density at radius 2 is 1.14 bits per heavy atom. The molecule has 19 nitrogen and oxygen atoms in total. The molecule has 0 atom stereocenters. The number of carbonyl (C=O) groups is 2. The zero-order valence-electron chi connectivity index (χ0n) is 30.0. The number of nitrogen functional groups attached to an aromatic ring is 1. The number of rotatable bonds is 4. The normalized spacial score (nSPS) is 13.6. The highest BCUT2D eigenvalue weighted by Crippen LogP contribution is 2.32. The number of benzene rings is 2. The van der Waals surface area contributed by atoms with E-state index >= 15 is 0 Å². The van der Waals surface area contributed by atoms with E-state index in [4.69, 9.17) is 35.6 Å². The highest BCUT2D eigenvalue weighted by atomic mass is 35.5. The van der Waals surface area contributed by atoms with Crippen molar-refractivity contribution in [1.82, 2.24) is 49.5 Å². The first-order valence-electron chi connectivity index (χ1n) is 17.1. The van der Waals surface area contributed by atoms with Crippen molar-refractivity contribution in [1.29, 1.82) is 0 Å². The number of carbonyl (C=O) groups excluding carboxylic acids is 2. The van der Waals surface area contributed by atoms with Crippen molar-refractivity contribution < 1.29 is 27.9 Å². The molecule has 2 aliphatic heterocycles. The van der Waals surface area contributed by atoms with Crippen LogP contribution in [0.3, 0.4) is 0 Å². The summed E-state index contributed by atoms with van der Waals surface area (Å²) in [7, 11) is 0. The Balaban J connectivity index is 0.000000171. The lowest BCUT2D eigenvalue weighted by Gasteiger charge is -2.20. The Morgan fingerprint density at radius 3 is 1.64 bits per heavy atom. The van der Waals surface area contributed by atoms with Crippen LogP contribution in [0, 0.1) is 13.8 Å². The first kappa shape index (κ1) is 39.2. The third-order valence-electron chi connectivity index (χ3n) is 9.05. The number of fused-ring (bicyclic) bond motifs is 4. The van der Waals surface area contributed by atoms with Crippen LogP contribution < -0.4 is 25.0 Å². The number of ether oxygens (including phenoxy) is 2. The number of nitrogens with zero attached hydrogens (tertiary/aromatic N) is 12. The first-order chi connectivity index (χ1) is 27.2. The molecule has 10 rings (SSSR count). The molecule has 0 bridgehead atoms. The van der Waals surface area contributed by atoms with Crippen molar-refractivity contribution >= 4 is 75.9 Å². The fourth-order valence-electron chi connectivity index (χ4n) is 6.46. The molecule has 2 aromatic carbocycles.